The van der Waals surface area contributed by atoms with E-state index in [1.54, 1.807) is 26.8 Å². The van der Waals surface area contributed by atoms with Gasteiger partial charge in [-0.1, -0.05) is 17.7 Å². The Kier molecular flexibility index (Phi) is 6.33. The maximum Gasteiger partial charge on any atom is 0.412 e. The number of carbonyl (C=O) groups is 1. The van der Waals surface area contributed by atoms with E-state index in [9.17, 15) is 10.1 Å². The van der Waals surface area contributed by atoms with Crippen LogP contribution >= 0.6 is 22.9 Å². The molecule has 2 aromatic heterocycles. The predicted octanol–water partition coefficient (Wildman–Crippen LogP) is 6.30. The highest BCUT2D eigenvalue weighted by molar-refractivity contribution is 7.23. The van der Waals surface area contributed by atoms with Crippen LogP contribution in [0.25, 0.3) is 32.1 Å². The number of rotatable bonds is 3. The Labute approximate surface area is 250 Å². The van der Waals surface area contributed by atoms with Crippen molar-refractivity contribution in [1.82, 2.24) is 14.9 Å². The molecule has 0 unspecified atom stereocenters. The van der Waals surface area contributed by atoms with Crippen LogP contribution in [-0.2, 0) is 22.7 Å². The summed E-state index contributed by atoms with van der Waals surface area (Å²) in [4.78, 5) is 26.8. The third-order valence-corrected chi connectivity index (χ3v) is 9.73. The largest absolute Gasteiger partial charge is 0.444 e. The summed E-state index contributed by atoms with van der Waals surface area (Å²) < 4.78 is 26.7. The number of halogens is 2. The maximum absolute atomic E-state index is 15.2. The van der Waals surface area contributed by atoms with E-state index in [2.05, 4.69) is 28.2 Å². The van der Waals surface area contributed by atoms with Crippen LogP contribution in [0.5, 0.6) is 0 Å². The van der Waals surface area contributed by atoms with Gasteiger partial charge in [-0.3, -0.25) is 5.32 Å². The van der Waals surface area contributed by atoms with E-state index in [0.29, 0.717) is 58.2 Å². The molecule has 12 heteroatoms. The lowest BCUT2D eigenvalue weighted by molar-refractivity contribution is 0.0636. The second-order valence-corrected chi connectivity index (χ2v) is 13.5. The minimum Gasteiger partial charge on any atom is -0.444 e. The first-order valence-electron chi connectivity index (χ1n) is 13.7. The van der Waals surface area contributed by atoms with Crippen molar-refractivity contribution in [3.63, 3.8) is 0 Å². The molecule has 42 heavy (non-hydrogen) atoms. The number of nitrogens with zero attached hydrogens (tertiary/aromatic N) is 5. The number of hydrogen-bond donors (Lipinski definition) is 1. The normalized spacial score (nSPS) is 20.0. The number of likely N-dealkylation sites (N-methyl/N-ethyl adjacent to an activating group) is 1. The van der Waals surface area contributed by atoms with Crippen molar-refractivity contribution in [3.05, 3.63) is 45.9 Å². The molecule has 1 N–H and O–H groups in total. The van der Waals surface area contributed by atoms with Crippen LogP contribution < -0.4 is 10.2 Å². The lowest BCUT2D eigenvalue weighted by Gasteiger charge is -2.40. The minimum atomic E-state index is -0.742. The monoisotopic (exact) mass is 606 g/mol. The minimum absolute atomic E-state index is 0.138. The van der Waals surface area contributed by atoms with Crippen molar-refractivity contribution < 1.29 is 18.7 Å². The molecule has 0 bridgehead atoms. The van der Waals surface area contributed by atoms with Crippen molar-refractivity contribution >= 4 is 61.0 Å². The van der Waals surface area contributed by atoms with E-state index in [0.717, 1.165) is 47.5 Å². The van der Waals surface area contributed by atoms with Gasteiger partial charge in [-0.15, -0.1) is 11.3 Å². The number of hydrogen-bond acceptors (Lipinski definition) is 9. The number of carbonyl (C=O) groups excluding carboxylic acids is 1. The SMILES string of the molecule is CN1C[C@@H]2CN(c3ncc4c5c(c(-c6ccc(F)c7sc(NC(=O)OC(C)(C)C)c(C#N)c67)c(Cl)c4n3)COC5)C[C@@H]21. The number of aromatic nitrogens is 2. The molecule has 9 nitrogen and oxygen atoms in total. The molecule has 7 rings (SSSR count). The van der Waals surface area contributed by atoms with Gasteiger partial charge in [-0.25, -0.2) is 19.2 Å². The molecule has 1 amide bonds. The second kappa shape index (κ2) is 9.74. The molecule has 0 aliphatic carbocycles. The third kappa shape index (κ3) is 4.28. The maximum atomic E-state index is 15.2. The Hall–Kier alpha value is -3.56. The Morgan fingerprint density at radius 1 is 1.26 bits per heavy atom. The molecular formula is C30H28ClFN6O3S. The number of amides is 1. The van der Waals surface area contributed by atoms with Crippen molar-refractivity contribution in [3.8, 4) is 17.2 Å². The van der Waals surface area contributed by atoms with Gasteiger partial charge in [-0.2, -0.15) is 5.26 Å². The molecule has 0 radical (unpaired) electrons. The molecular weight excluding hydrogens is 579 g/mol. The topological polar surface area (TPSA) is 104 Å². The first kappa shape index (κ1) is 27.3. The molecule has 0 spiro atoms. The van der Waals surface area contributed by atoms with Crippen LogP contribution in [-0.4, -0.2) is 59.3 Å². The summed E-state index contributed by atoms with van der Waals surface area (Å²) in [6.07, 6.45) is 1.09. The number of anilines is 2. The first-order valence-corrected chi connectivity index (χ1v) is 14.9. The van der Waals surface area contributed by atoms with Gasteiger partial charge < -0.3 is 19.3 Å². The Morgan fingerprint density at radius 3 is 2.76 bits per heavy atom. The summed E-state index contributed by atoms with van der Waals surface area (Å²) in [5.41, 5.74) is 2.99. The van der Waals surface area contributed by atoms with Crippen LogP contribution in [0.1, 0.15) is 37.5 Å². The first-order chi connectivity index (χ1) is 20.0. The third-order valence-electron chi connectivity index (χ3n) is 8.25. The molecule has 3 aliphatic rings. The molecule has 0 saturated carbocycles. The zero-order valence-corrected chi connectivity index (χ0v) is 25.1. The van der Waals surface area contributed by atoms with Crippen molar-refractivity contribution in [2.24, 2.45) is 5.92 Å². The van der Waals surface area contributed by atoms with Crippen LogP contribution in [0.4, 0.5) is 20.1 Å². The highest BCUT2D eigenvalue weighted by Gasteiger charge is 2.44. The Morgan fingerprint density at radius 2 is 2.05 bits per heavy atom. The summed E-state index contributed by atoms with van der Waals surface area (Å²) in [5, 5.41) is 14.7. The highest BCUT2D eigenvalue weighted by atomic mass is 35.5. The molecule has 2 saturated heterocycles. The van der Waals surface area contributed by atoms with E-state index in [4.69, 9.17) is 31.0 Å². The van der Waals surface area contributed by atoms with Crippen molar-refractivity contribution in [2.75, 3.05) is 36.9 Å². The van der Waals surface area contributed by atoms with Crippen LogP contribution in [0.2, 0.25) is 5.02 Å². The number of benzene rings is 2. The quantitative estimate of drug-likeness (QED) is 0.290. The fraction of sp³-hybridized carbons (Fsp3) is 0.400. The number of nitriles is 1. The molecule has 2 atom stereocenters. The predicted molar refractivity (Wildman–Crippen MR) is 161 cm³/mol. The summed E-state index contributed by atoms with van der Waals surface area (Å²) in [6.45, 7) is 8.71. The molecule has 2 aromatic carbocycles. The zero-order valence-electron chi connectivity index (χ0n) is 23.5. The fourth-order valence-corrected chi connectivity index (χ4v) is 7.80. The standard InChI is InChI=1S/C30H28ClFN6O3S/c1-30(2,3)41-29(39)36-27-16(7-33)23-15(5-6-20(32)26(23)42-27)22-19-13-40-12-18(19)17-8-34-28(35-25(17)24(22)31)38-10-14-9-37(4)21(14)11-38/h5-6,8,14,21H,9-13H2,1-4H3,(H,36,39)/t14-,21+/m1/s1. The molecule has 2 fully saturated rings. The number of thiophene rings is 1. The van der Waals surface area contributed by atoms with E-state index in [1.165, 1.54) is 6.07 Å². The number of likely N-dealkylation sites (tertiary alicyclic amines) is 1. The Balaban J connectivity index is 1.39. The Bertz CT molecular complexity index is 1850. The number of fused-ring (bicyclic) bond motifs is 5. The van der Waals surface area contributed by atoms with Gasteiger partial charge in [-0.05, 0) is 50.6 Å². The summed E-state index contributed by atoms with van der Waals surface area (Å²) >= 11 is 8.18. The lowest BCUT2D eigenvalue weighted by atomic mass is 9.91. The van der Waals surface area contributed by atoms with E-state index in [-0.39, 0.29) is 15.3 Å². The van der Waals surface area contributed by atoms with Crippen LogP contribution in [0.3, 0.4) is 0 Å². The van der Waals surface area contributed by atoms with Crippen molar-refractivity contribution in [1.29, 1.82) is 5.26 Å². The molecule has 5 heterocycles. The van der Waals surface area contributed by atoms with Gasteiger partial charge in [0.2, 0.25) is 5.95 Å². The van der Waals surface area contributed by atoms with Gasteiger partial charge >= 0.3 is 6.09 Å². The van der Waals surface area contributed by atoms with Crippen LogP contribution in [0, 0.1) is 23.1 Å². The van der Waals surface area contributed by atoms with Gasteiger partial charge in [0.05, 0.1) is 34.0 Å². The van der Waals surface area contributed by atoms with Gasteiger partial charge in [0.15, 0.2) is 0 Å². The average Bonchev–Trinajstić information content (AvgIpc) is 3.64. The molecule has 216 valence electrons. The molecule has 4 aromatic rings. The summed E-state index contributed by atoms with van der Waals surface area (Å²) in [6, 6.07) is 5.67. The highest BCUT2D eigenvalue weighted by Crippen LogP contribution is 2.49. The second-order valence-electron chi connectivity index (χ2n) is 12.1. The van der Waals surface area contributed by atoms with Crippen molar-refractivity contribution in [2.45, 2.75) is 45.6 Å². The smallest absolute Gasteiger partial charge is 0.412 e. The lowest BCUT2D eigenvalue weighted by Crippen LogP contribution is -2.52. The van der Waals surface area contributed by atoms with Gasteiger partial charge in [0.25, 0.3) is 0 Å². The zero-order chi connectivity index (χ0) is 29.5. The molecule has 3 aliphatic heterocycles. The fourth-order valence-electron chi connectivity index (χ4n) is 6.37. The van der Waals surface area contributed by atoms with Gasteiger partial charge in [0, 0.05) is 54.1 Å². The average molecular weight is 607 g/mol. The summed E-state index contributed by atoms with van der Waals surface area (Å²) in [5.74, 6) is 0.724. The summed E-state index contributed by atoms with van der Waals surface area (Å²) in [7, 11) is 2.14. The van der Waals surface area contributed by atoms with Crippen LogP contribution in [0.15, 0.2) is 18.3 Å². The van der Waals surface area contributed by atoms with E-state index < -0.39 is 17.5 Å². The van der Waals surface area contributed by atoms with E-state index >= 15 is 4.39 Å². The van der Waals surface area contributed by atoms with Gasteiger partial charge in [0.1, 0.15) is 22.5 Å². The number of ether oxygens (including phenoxy) is 2. The number of nitrogens with one attached hydrogen (secondary N) is 1. The van der Waals surface area contributed by atoms with E-state index in [1.807, 2.05) is 6.20 Å².